The zero-order valence-corrected chi connectivity index (χ0v) is 11.7. The van der Waals surface area contributed by atoms with Gasteiger partial charge in [-0.1, -0.05) is 18.2 Å². The summed E-state index contributed by atoms with van der Waals surface area (Å²) in [5.74, 6) is -0.0153. The monoisotopic (exact) mass is 262 g/mol. The number of carbonyl (C=O) groups is 1. The van der Waals surface area contributed by atoms with Gasteiger partial charge < -0.3 is 15.4 Å². The van der Waals surface area contributed by atoms with E-state index in [1.807, 2.05) is 0 Å². The van der Waals surface area contributed by atoms with Crippen molar-refractivity contribution in [2.24, 2.45) is 0 Å². The molecule has 1 aromatic carbocycles. The smallest absolute Gasteiger partial charge is 0.250 e. The Hall–Kier alpha value is -1.39. The Kier molecular flexibility index (Phi) is 4.93. The molecular weight excluding hydrogens is 240 g/mol. The van der Waals surface area contributed by atoms with E-state index in [4.69, 9.17) is 4.74 Å². The third kappa shape index (κ3) is 3.78. The number of morpholine rings is 1. The van der Waals surface area contributed by atoms with Gasteiger partial charge in [0.05, 0.1) is 6.61 Å². The maximum atomic E-state index is 11.9. The van der Waals surface area contributed by atoms with E-state index in [1.165, 1.54) is 16.7 Å². The molecule has 0 bridgehead atoms. The molecule has 1 aromatic rings. The highest BCUT2D eigenvalue weighted by Crippen LogP contribution is 2.13. The Balaban J connectivity index is 1.81. The van der Waals surface area contributed by atoms with Crippen molar-refractivity contribution in [3.05, 3.63) is 34.9 Å². The molecule has 1 aliphatic rings. The van der Waals surface area contributed by atoms with Gasteiger partial charge in [0.1, 0.15) is 6.10 Å². The maximum Gasteiger partial charge on any atom is 0.250 e. The molecule has 1 amide bonds. The van der Waals surface area contributed by atoms with Gasteiger partial charge in [-0.2, -0.15) is 0 Å². The highest BCUT2D eigenvalue weighted by molar-refractivity contribution is 5.81. The molecule has 1 heterocycles. The minimum Gasteiger partial charge on any atom is -0.366 e. The summed E-state index contributed by atoms with van der Waals surface area (Å²) in [6.07, 6.45) is 0.524. The van der Waals surface area contributed by atoms with Crippen LogP contribution in [-0.4, -0.2) is 38.3 Å². The summed E-state index contributed by atoms with van der Waals surface area (Å²) in [7, 11) is 0. The zero-order chi connectivity index (χ0) is 13.7. The number of nitrogens with one attached hydrogen (secondary N) is 2. The average molecular weight is 262 g/mol. The Morgan fingerprint density at radius 1 is 1.42 bits per heavy atom. The molecule has 19 heavy (non-hydrogen) atoms. The Morgan fingerprint density at radius 2 is 2.16 bits per heavy atom. The van der Waals surface area contributed by atoms with Gasteiger partial charge in [0.2, 0.25) is 5.91 Å². The van der Waals surface area contributed by atoms with Gasteiger partial charge in [0, 0.05) is 19.6 Å². The quantitative estimate of drug-likeness (QED) is 0.849. The molecule has 1 fully saturated rings. The van der Waals surface area contributed by atoms with Crippen LogP contribution in [0.2, 0.25) is 0 Å². The van der Waals surface area contributed by atoms with Crippen molar-refractivity contribution in [3.63, 3.8) is 0 Å². The van der Waals surface area contributed by atoms with Crippen LogP contribution in [0.5, 0.6) is 0 Å². The number of hydrogen-bond acceptors (Lipinski definition) is 3. The molecule has 4 heteroatoms. The van der Waals surface area contributed by atoms with Crippen molar-refractivity contribution >= 4 is 5.91 Å². The lowest BCUT2D eigenvalue weighted by Crippen LogP contribution is -2.48. The number of benzene rings is 1. The van der Waals surface area contributed by atoms with E-state index in [2.05, 4.69) is 42.7 Å². The van der Waals surface area contributed by atoms with Crippen LogP contribution in [0.25, 0.3) is 0 Å². The first-order chi connectivity index (χ1) is 9.18. The van der Waals surface area contributed by atoms with Crippen LogP contribution in [0.4, 0.5) is 0 Å². The molecule has 1 atom stereocenters. The van der Waals surface area contributed by atoms with E-state index in [0.717, 1.165) is 13.0 Å². The van der Waals surface area contributed by atoms with Crippen LogP contribution < -0.4 is 10.6 Å². The Bertz CT molecular complexity index is 420. The largest absolute Gasteiger partial charge is 0.366 e. The van der Waals surface area contributed by atoms with Crippen LogP contribution in [0, 0.1) is 13.8 Å². The molecule has 0 saturated carbocycles. The zero-order valence-electron chi connectivity index (χ0n) is 11.7. The number of hydrogen-bond donors (Lipinski definition) is 2. The minimum absolute atomic E-state index is 0.0153. The highest BCUT2D eigenvalue weighted by atomic mass is 16.5. The van der Waals surface area contributed by atoms with Crippen molar-refractivity contribution in [3.8, 4) is 0 Å². The number of aryl methyl sites for hydroxylation is 2. The SMILES string of the molecule is Cc1cccc(C)c1CCNC(=O)C1CNCCO1. The van der Waals surface area contributed by atoms with Gasteiger partial charge in [0.15, 0.2) is 0 Å². The first-order valence-electron chi connectivity index (χ1n) is 6.83. The highest BCUT2D eigenvalue weighted by Gasteiger charge is 2.21. The van der Waals surface area contributed by atoms with Gasteiger partial charge in [-0.25, -0.2) is 0 Å². The van der Waals surface area contributed by atoms with Crippen LogP contribution in [-0.2, 0) is 16.0 Å². The van der Waals surface area contributed by atoms with Crippen LogP contribution in [0.3, 0.4) is 0 Å². The van der Waals surface area contributed by atoms with Gasteiger partial charge in [-0.3, -0.25) is 4.79 Å². The predicted molar refractivity (Wildman–Crippen MR) is 75.2 cm³/mol. The number of carbonyl (C=O) groups excluding carboxylic acids is 1. The van der Waals surface area contributed by atoms with Crippen LogP contribution >= 0.6 is 0 Å². The summed E-state index contributed by atoms with van der Waals surface area (Å²) in [5, 5.41) is 6.11. The van der Waals surface area contributed by atoms with Crippen molar-refractivity contribution < 1.29 is 9.53 Å². The van der Waals surface area contributed by atoms with E-state index in [1.54, 1.807) is 0 Å². The van der Waals surface area contributed by atoms with Crippen LogP contribution in [0.1, 0.15) is 16.7 Å². The number of amides is 1. The molecule has 1 unspecified atom stereocenters. The lowest BCUT2D eigenvalue weighted by Gasteiger charge is -2.22. The van der Waals surface area contributed by atoms with Crippen LogP contribution in [0.15, 0.2) is 18.2 Å². The third-order valence-corrected chi connectivity index (χ3v) is 3.54. The molecule has 2 N–H and O–H groups in total. The third-order valence-electron chi connectivity index (χ3n) is 3.54. The van der Waals surface area contributed by atoms with Gasteiger partial charge in [-0.15, -0.1) is 0 Å². The molecule has 0 spiro atoms. The van der Waals surface area contributed by atoms with Gasteiger partial charge in [0.25, 0.3) is 0 Å². The molecule has 1 aliphatic heterocycles. The second-order valence-corrected chi connectivity index (χ2v) is 4.97. The molecule has 4 nitrogen and oxygen atoms in total. The van der Waals surface area contributed by atoms with Crippen molar-refractivity contribution in [1.29, 1.82) is 0 Å². The molecule has 0 aliphatic carbocycles. The maximum absolute atomic E-state index is 11.9. The summed E-state index contributed by atoms with van der Waals surface area (Å²) < 4.78 is 5.42. The summed E-state index contributed by atoms with van der Waals surface area (Å²) >= 11 is 0. The van der Waals surface area contributed by atoms with E-state index in [9.17, 15) is 4.79 Å². The Morgan fingerprint density at radius 3 is 2.79 bits per heavy atom. The molecule has 0 aromatic heterocycles. The fraction of sp³-hybridized carbons (Fsp3) is 0.533. The lowest BCUT2D eigenvalue weighted by atomic mass is 10.0. The summed E-state index contributed by atoms with van der Waals surface area (Å²) in [4.78, 5) is 11.9. The summed E-state index contributed by atoms with van der Waals surface area (Å²) in [6.45, 7) is 6.91. The van der Waals surface area contributed by atoms with E-state index >= 15 is 0 Å². The average Bonchev–Trinajstić information content (AvgIpc) is 2.43. The first kappa shape index (κ1) is 14.0. The van der Waals surface area contributed by atoms with Crippen molar-refractivity contribution in [2.75, 3.05) is 26.2 Å². The summed E-state index contributed by atoms with van der Waals surface area (Å²) in [6, 6.07) is 6.28. The fourth-order valence-electron chi connectivity index (χ4n) is 2.40. The molecule has 104 valence electrons. The van der Waals surface area contributed by atoms with E-state index in [-0.39, 0.29) is 12.0 Å². The summed E-state index contributed by atoms with van der Waals surface area (Å²) in [5.41, 5.74) is 3.89. The van der Waals surface area contributed by atoms with Crippen molar-refractivity contribution in [2.45, 2.75) is 26.4 Å². The second-order valence-electron chi connectivity index (χ2n) is 4.97. The molecular formula is C15H22N2O2. The number of rotatable bonds is 4. The minimum atomic E-state index is -0.341. The fourth-order valence-corrected chi connectivity index (χ4v) is 2.40. The normalized spacial score (nSPS) is 19.2. The molecule has 0 radical (unpaired) electrons. The molecule has 2 rings (SSSR count). The van der Waals surface area contributed by atoms with E-state index in [0.29, 0.717) is 19.7 Å². The van der Waals surface area contributed by atoms with Gasteiger partial charge in [-0.05, 0) is 37.0 Å². The molecule has 1 saturated heterocycles. The van der Waals surface area contributed by atoms with Gasteiger partial charge >= 0.3 is 0 Å². The predicted octanol–water partition coefficient (Wildman–Crippen LogP) is 0.951. The number of ether oxygens (including phenoxy) is 1. The second kappa shape index (κ2) is 6.68. The lowest BCUT2D eigenvalue weighted by molar-refractivity contribution is -0.134. The first-order valence-corrected chi connectivity index (χ1v) is 6.83. The van der Waals surface area contributed by atoms with E-state index < -0.39 is 0 Å². The topological polar surface area (TPSA) is 50.4 Å². The standard InChI is InChI=1S/C15H22N2O2/c1-11-4-3-5-12(2)13(11)6-7-17-15(18)14-10-16-8-9-19-14/h3-5,14,16H,6-10H2,1-2H3,(H,17,18). The van der Waals surface area contributed by atoms with Crippen molar-refractivity contribution in [1.82, 2.24) is 10.6 Å². The Labute approximate surface area is 114 Å².